The van der Waals surface area contributed by atoms with Crippen molar-refractivity contribution in [2.24, 2.45) is 7.05 Å². The molecule has 0 spiro atoms. The second-order valence-electron chi connectivity index (χ2n) is 3.47. The van der Waals surface area contributed by atoms with E-state index in [1.54, 1.807) is 0 Å². The molecule has 3 nitrogen and oxygen atoms in total. The Morgan fingerprint density at radius 2 is 2.27 bits per heavy atom. The first kappa shape index (κ1) is 10.2. The first-order chi connectivity index (χ1) is 7.09. The molecule has 2 rings (SSSR count). The van der Waals surface area contributed by atoms with Crippen molar-refractivity contribution in [3.8, 4) is 0 Å². The van der Waals surface area contributed by atoms with Crippen LogP contribution in [0.3, 0.4) is 0 Å². The molecule has 0 aliphatic carbocycles. The third-order valence-corrected chi connectivity index (χ3v) is 3.02. The van der Waals surface area contributed by atoms with Crippen LogP contribution in [0.5, 0.6) is 0 Å². The van der Waals surface area contributed by atoms with E-state index in [4.69, 9.17) is 5.11 Å². The smallest absolute Gasteiger partial charge is 0.307 e. The molecule has 0 atom stereocenters. The van der Waals surface area contributed by atoms with E-state index in [0.29, 0.717) is 0 Å². The maximum Gasteiger partial charge on any atom is 0.307 e. The Morgan fingerprint density at radius 1 is 1.53 bits per heavy atom. The minimum Gasteiger partial charge on any atom is -0.481 e. The zero-order valence-electron chi connectivity index (χ0n) is 8.20. The van der Waals surface area contributed by atoms with Crippen molar-refractivity contribution in [1.29, 1.82) is 0 Å². The Labute approximate surface area is 95.5 Å². The second kappa shape index (κ2) is 3.70. The van der Waals surface area contributed by atoms with E-state index >= 15 is 0 Å². The van der Waals surface area contributed by atoms with E-state index in [9.17, 15) is 4.79 Å². The molecule has 78 valence electrons. The Morgan fingerprint density at radius 3 is 2.93 bits per heavy atom. The number of aromatic nitrogens is 1. The highest BCUT2D eigenvalue weighted by Gasteiger charge is 2.11. The molecule has 15 heavy (non-hydrogen) atoms. The van der Waals surface area contributed by atoms with E-state index in [2.05, 4.69) is 15.9 Å². The minimum atomic E-state index is -0.803. The molecule has 0 bridgehead atoms. The topological polar surface area (TPSA) is 42.2 Å². The van der Waals surface area contributed by atoms with Crippen LogP contribution in [0.25, 0.3) is 10.9 Å². The van der Waals surface area contributed by atoms with Crippen molar-refractivity contribution in [2.75, 3.05) is 0 Å². The maximum atomic E-state index is 10.7. The van der Waals surface area contributed by atoms with Crippen LogP contribution in [0.4, 0.5) is 0 Å². The first-order valence-corrected chi connectivity index (χ1v) is 5.33. The number of hydrogen-bond acceptors (Lipinski definition) is 1. The van der Waals surface area contributed by atoms with E-state index in [1.807, 2.05) is 36.0 Å². The number of carboxylic acid groups (broad SMARTS) is 1. The fourth-order valence-electron chi connectivity index (χ4n) is 1.80. The molecule has 4 heteroatoms. The third-order valence-electron chi connectivity index (χ3n) is 2.38. The van der Waals surface area contributed by atoms with E-state index < -0.39 is 5.97 Å². The lowest BCUT2D eigenvalue weighted by Crippen LogP contribution is -1.98. The molecule has 0 aliphatic heterocycles. The van der Waals surface area contributed by atoms with Crippen molar-refractivity contribution in [1.82, 2.24) is 4.57 Å². The van der Waals surface area contributed by atoms with Crippen molar-refractivity contribution >= 4 is 32.8 Å². The van der Waals surface area contributed by atoms with Crippen molar-refractivity contribution in [2.45, 2.75) is 6.42 Å². The van der Waals surface area contributed by atoms with Crippen LogP contribution in [0.2, 0.25) is 0 Å². The molecule has 1 aromatic carbocycles. The molecule has 0 fully saturated rings. The van der Waals surface area contributed by atoms with Crippen LogP contribution in [0.1, 0.15) is 5.56 Å². The van der Waals surface area contributed by atoms with Gasteiger partial charge in [0.2, 0.25) is 0 Å². The summed E-state index contributed by atoms with van der Waals surface area (Å²) in [6.07, 6.45) is 1.93. The lowest BCUT2D eigenvalue weighted by molar-refractivity contribution is -0.136. The van der Waals surface area contributed by atoms with Crippen molar-refractivity contribution in [3.63, 3.8) is 0 Å². The molecular formula is C11H10BrNO2. The van der Waals surface area contributed by atoms with E-state index in [-0.39, 0.29) is 6.42 Å². The summed E-state index contributed by atoms with van der Waals surface area (Å²) in [6.45, 7) is 0. The quantitative estimate of drug-likeness (QED) is 0.909. The Balaban J connectivity index is 2.68. The molecule has 0 amide bonds. The molecule has 1 heterocycles. The summed E-state index contributed by atoms with van der Waals surface area (Å²) in [5, 5.41) is 9.78. The van der Waals surface area contributed by atoms with E-state index in [0.717, 1.165) is 20.9 Å². The Hall–Kier alpha value is -1.29. The highest BCUT2D eigenvalue weighted by molar-refractivity contribution is 9.10. The highest BCUT2D eigenvalue weighted by Crippen LogP contribution is 2.27. The number of para-hydroxylation sites is 1. The lowest BCUT2D eigenvalue weighted by atomic mass is 10.1. The highest BCUT2D eigenvalue weighted by atomic mass is 79.9. The van der Waals surface area contributed by atoms with Crippen LogP contribution < -0.4 is 0 Å². The van der Waals surface area contributed by atoms with Gasteiger partial charge in [-0.1, -0.05) is 12.1 Å². The molecule has 0 radical (unpaired) electrons. The fraction of sp³-hybridized carbons (Fsp3) is 0.182. The lowest BCUT2D eigenvalue weighted by Gasteiger charge is -1.98. The molecule has 0 aliphatic rings. The van der Waals surface area contributed by atoms with Gasteiger partial charge in [0.15, 0.2) is 0 Å². The molecule has 0 saturated carbocycles. The second-order valence-corrected chi connectivity index (χ2v) is 4.33. The predicted molar refractivity (Wildman–Crippen MR) is 62.0 cm³/mol. The van der Waals surface area contributed by atoms with Gasteiger partial charge in [-0.05, 0) is 27.6 Å². The van der Waals surface area contributed by atoms with Gasteiger partial charge in [0.25, 0.3) is 0 Å². The normalized spacial score (nSPS) is 10.8. The Kier molecular flexibility index (Phi) is 2.52. The summed E-state index contributed by atoms with van der Waals surface area (Å²) in [7, 11) is 1.92. The number of fused-ring (bicyclic) bond motifs is 1. The van der Waals surface area contributed by atoms with Gasteiger partial charge in [-0.3, -0.25) is 4.79 Å². The van der Waals surface area contributed by atoms with Gasteiger partial charge in [-0.2, -0.15) is 0 Å². The van der Waals surface area contributed by atoms with Crippen molar-refractivity contribution < 1.29 is 9.90 Å². The number of benzene rings is 1. The zero-order chi connectivity index (χ0) is 11.0. The molecular weight excluding hydrogens is 258 g/mol. The predicted octanol–water partition coefficient (Wildman–Crippen LogP) is 2.57. The number of nitrogens with zero attached hydrogens (tertiary/aromatic N) is 1. The van der Waals surface area contributed by atoms with Crippen LogP contribution in [-0.2, 0) is 18.3 Å². The van der Waals surface area contributed by atoms with Crippen LogP contribution in [0, 0.1) is 0 Å². The van der Waals surface area contributed by atoms with Gasteiger partial charge in [0, 0.05) is 23.1 Å². The number of carbonyl (C=O) groups is 1. The summed E-state index contributed by atoms with van der Waals surface area (Å²) < 4.78 is 2.93. The Bertz CT molecular complexity index is 531. The monoisotopic (exact) mass is 267 g/mol. The summed E-state index contributed by atoms with van der Waals surface area (Å²) in [6, 6.07) is 5.81. The molecule has 0 unspecified atom stereocenters. The summed E-state index contributed by atoms with van der Waals surface area (Å²) in [5.41, 5.74) is 1.88. The molecule has 0 saturated heterocycles. The number of hydrogen-bond donors (Lipinski definition) is 1. The minimum absolute atomic E-state index is 0.0633. The number of carboxylic acids is 1. The van der Waals surface area contributed by atoms with Gasteiger partial charge in [0.05, 0.1) is 11.9 Å². The average molecular weight is 268 g/mol. The molecule has 2 aromatic rings. The van der Waals surface area contributed by atoms with Crippen LogP contribution in [-0.4, -0.2) is 15.6 Å². The van der Waals surface area contributed by atoms with Gasteiger partial charge < -0.3 is 9.67 Å². The van der Waals surface area contributed by atoms with Crippen molar-refractivity contribution in [3.05, 3.63) is 34.4 Å². The molecule has 1 N–H and O–H groups in total. The number of aliphatic carboxylic acids is 1. The van der Waals surface area contributed by atoms with Crippen LogP contribution >= 0.6 is 15.9 Å². The average Bonchev–Trinajstić information content (AvgIpc) is 2.44. The zero-order valence-corrected chi connectivity index (χ0v) is 9.78. The third kappa shape index (κ3) is 1.77. The standard InChI is InChI=1S/C11H10BrNO2/c1-13-6-7(5-10(14)15)8-3-2-4-9(12)11(8)13/h2-4,6H,5H2,1H3,(H,14,15). The van der Waals surface area contributed by atoms with Gasteiger partial charge in [0.1, 0.15) is 0 Å². The van der Waals surface area contributed by atoms with Gasteiger partial charge in [-0.25, -0.2) is 0 Å². The fourth-order valence-corrected chi connectivity index (χ4v) is 2.45. The summed E-state index contributed by atoms with van der Waals surface area (Å²) >= 11 is 3.46. The van der Waals surface area contributed by atoms with Crippen LogP contribution in [0.15, 0.2) is 28.9 Å². The maximum absolute atomic E-state index is 10.7. The SMILES string of the molecule is Cn1cc(CC(=O)O)c2cccc(Br)c21. The van der Waals surface area contributed by atoms with Gasteiger partial charge in [-0.15, -0.1) is 0 Å². The van der Waals surface area contributed by atoms with Gasteiger partial charge >= 0.3 is 5.97 Å². The molecule has 1 aromatic heterocycles. The number of rotatable bonds is 2. The summed E-state index contributed by atoms with van der Waals surface area (Å²) in [4.78, 5) is 10.7. The summed E-state index contributed by atoms with van der Waals surface area (Å²) in [5.74, 6) is -0.803. The number of halogens is 1. The first-order valence-electron chi connectivity index (χ1n) is 4.54. The largest absolute Gasteiger partial charge is 0.481 e. The van der Waals surface area contributed by atoms with E-state index in [1.165, 1.54) is 0 Å². The number of aryl methyl sites for hydroxylation is 1.